The van der Waals surface area contributed by atoms with Crippen molar-refractivity contribution >= 4 is 26.8 Å². The fraction of sp³-hybridized carbons (Fsp3) is 0.933. The van der Waals surface area contributed by atoms with Gasteiger partial charge in [-0.25, -0.2) is 8.42 Å². The van der Waals surface area contributed by atoms with E-state index in [1.54, 1.807) is 6.92 Å². The smallest absolute Gasteiger partial charge is 0.178 e. The summed E-state index contributed by atoms with van der Waals surface area (Å²) in [6, 6.07) is 0. The van der Waals surface area contributed by atoms with E-state index in [0.29, 0.717) is 23.1 Å². The number of unbranched alkanes of at least 4 members (excludes halogenated alkanes) is 5. The van der Waals surface area contributed by atoms with Crippen molar-refractivity contribution in [3.05, 3.63) is 0 Å². The molecule has 1 fully saturated rings. The maximum absolute atomic E-state index is 10.7. The Morgan fingerprint density at radius 3 is 2.14 bits per heavy atom. The van der Waals surface area contributed by atoms with Crippen LogP contribution in [-0.4, -0.2) is 55.0 Å². The molecule has 0 aromatic rings. The molecule has 0 amide bonds. The molecule has 0 aromatic carbocycles. The quantitative estimate of drug-likeness (QED) is 0.360. The zero-order chi connectivity index (χ0) is 16.8. The van der Waals surface area contributed by atoms with E-state index in [1.807, 2.05) is 0 Å². The average Bonchev–Trinajstić information content (AvgIpc) is 2.43. The Morgan fingerprint density at radius 2 is 1.64 bits per heavy atom. The number of Topliss-reactive ketones (excluding diaryl/α,β-unsaturated/α-hetero) is 1. The van der Waals surface area contributed by atoms with Crippen LogP contribution in [-0.2, 0) is 30.5 Å². The lowest BCUT2D eigenvalue weighted by Crippen LogP contribution is -2.30. The van der Waals surface area contributed by atoms with Crippen molar-refractivity contribution in [3.8, 4) is 0 Å². The van der Waals surface area contributed by atoms with E-state index in [-0.39, 0.29) is 5.75 Å². The summed E-state index contributed by atoms with van der Waals surface area (Å²) >= 11 is 0. The molecule has 1 aliphatic heterocycles. The van der Waals surface area contributed by atoms with Gasteiger partial charge < -0.3 is 9.29 Å². The molecule has 0 unspecified atom stereocenters. The number of rotatable bonds is 9. The third-order valence-electron chi connectivity index (χ3n) is 3.19. The van der Waals surface area contributed by atoms with Gasteiger partial charge in [0.1, 0.15) is 11.5 Å². The standard InChI is InChI=1S/C8H18O3S.C7H13O2S/c1-2-3-4-5-6-7-8-12(9,10)11;1-7(8)6-10-4-2-9-3-5-10/h2-8H2,1H3,(H,9,10,11);2-6H2,1H3/q;+1/p-1. The van der Waals surface area contributed by atoms with Crippen molar-refractivity contribution in [2.24, 2.45) is 0 Å². The number of ketones is 1. The third kappa shape index (κ3) is 16.3. The Balaban J connectivity index is 0.000000406. The molecular formula is C15H30O5S2. The molecule has 1 rings (SSSR count). The van der Waals surface area contributed by atoms with E-state index >= 15 is 0 Å². The van der Waals surface area contributed by atoms with E-state index in [1.165, 1.54) is 12.8 Å². The summed E-state index contributed by atoms with van der Waals surface area (Å²) in [5.74, 6) is 3.10. The summed E-state index contributed by atoms with van der Waals surface area (Å²) < 4.78 is 35.7. The fourth-order valence-corrected chi connectivity index (χ4v) is 4.38. The minimum absolute atomic E-state index is 0.195. The normalized spacial score (nSPS) is 16.0. The second-order valence-corrected chi connectivity index (χ2v) is 9.36. The number of hydrogen-bond donors (Lipinski definition) is 0. The Hall–Kier alpha value is -0.110. The average molecular weight is 355 g/mol. The number of hydrogen-bond acceptors (Lipinski definition) is 5. The summed E-state index contributed by atoms with van der Waals surface area (Å²) in [4.78, 5) is 10.7. The molecule has 0 aliphatic carbocycles. The van der Waals surface area contributed by atoms with Crippen LogP contribution in [0.5, 0.6) is 0 Å². The topological polar surface area (TPSA) is 83.5 Å². The molecule has 1 heterocycles. The zero-order valence-electron chi connectivity index (χ0n) is 13.8. The first-order valence-electron chi connectivity index (χ1n) is 8.00. The van der Waals surface area contributed by atoms with Crippen molar-refractivity contribution < 1.29 is 22.5 Å². The van der Waals surface area contributed by atoms with E-state index in [4.69, 9.17) is 4.74 Å². The highest BCUT2D eigenvalue weighted by atomic mass is 32.2. The maximum Gasteiger partial charge on any atom is 0.178 e. The molecule has 132 valence electrons. The summed E-state index contributed by atoms with van der Waals surface area (Å²) in [6.07, 6.45) is 5.96. The highest BCUT2D eigenvalue weighted by Crippen LogP contribution is 2.05. The van der Waals surface area contributed by atoms with Crippen molar-refractivity contribution in [3.63, 3.8) is 0 Å². The van der Waals surface area contributed by atoms with Crippen LogP contribution in [0.2, 0.25) is 0 Å². The van der Waals surface area contributed by atoms with Crippen molar-refractivity contribution in [1.82, 2.24) is 0 Å². The second-order valence-electron chi connectivity index (χ2n) is 5.51. The van der Waals surface area contributed by atoms with Gasteiger partial charge in [-0.3, -0.25) is 4.79 Å². The van der Waals surface area contributed by atoms with Crippen LogP contribution >= 0.6 is 0 Å². The molecule has 0 bridgehead atoms. The van der Waals surface area contributed by atoms with Gasteiger partial charge in [0.05, 0.1) is 23.3 Å². The molecule has 0 N–H and O–H groups in total. The Bertz CT molecular complexity index is 375. The Kier molecular flexibility index (Phi) is 13.3. The van der Waals surface area contributed by atoms with E-state index in [0.717, 1.165) is 49.7 Å². The highest BCUT2D eigenvalue weighted by Gasteiger charge is 2.23. The minimum atomic E-state index is -3.97. The van der Waals surface area contributed by atoms with Crippen LogP contribution in [0.15, 0.2) is 0 Å². The molecule has 0 saturated carbocycles. The van der Waals surface area contributed by atoms with E-state index in [2.05, 4.69) is 6.92 Å². The molecule has 0 aromatic heterocycles. The Labute approximate surface area is 138 Å². The van der Waals surface area contributed by atoms with Crippen LogP contribution in [0, 0.1) is 0 Å². The largest absolute Gasteiger partial charge is 0.748 e. The van der Waals surface area contributed by atoms with Crippen LogP contribution in [0.3, 0.4) is 0 Å². The van der Waals surface area contributed by atoms with Crippen molar-refractivity contribution in [2.75, 3.05) is 36.2 Å². The summed E-state index contributed by atoms with van der Waals surface area (Å²) in [5, 5.41) is 0. The van der Waals surface area contributed by atoms with Crippen molar-refractivity contribution in [2.45, 2.75) is 52.4 Å². The van der Waals surface area contributed by atoms with Gasteiger partial charge in [-0.1, -0.05) is 39.0 Å². The van der Waals surface area contributed by atoms with Gasteiger partial charge in [-0.2, -0.15) is 0 Å². The molecule has 7 heteroatoms. The van der Waals surface area contributed by atoms with Crippen LogP contribution in [0.25, 0.3) is 0 Å². The minimum Gasteiger partial charge on any atom is -0.748 e. The number of carbonyl (C=O) groups is 1. The van der Waals surface area contributed by atoms with Crippen molar-refractivity contribution in [1.29, 1.82) is 0 Å². The molecule has 1 saturated heterocycles. The summed E-state index contributed by atoms with van der Waals surface area (Å²) in [7, 11) is -3.62. The molecule has 1 aliphatic rings. The lowest BCUT2D eigenvalue weighted by molar-refractivity contribution is -0.114. The first-order chi connectivity index (χ1) is 10.3. The van der Waals surface area contributed by atoms with Gasteiger partial charge in [0.2, 0.25) is 0 Å². The molecular weight excluding hydrogens is 324 g/mol. The van der Waals surface area contributed by atoms with Crippen LogP contribution < -0.4 is 0 Å². The molecule has 5 nitrogen and oxygen atoms in total. The first-order valence-corrected chi connectivity index (χ1v) is 11.3. The SMILES string of the molecule is CC(=O)C[S+]1CCOCC1.CCCCCCCCS(=O)(=O)[O-]. The van der Waals surface area contributed by atoms with E-state index in [9.17, 15) is 17.8 Å². The molecule has 0 radical (unpaired) electrons. The fourth-order valence-electron chi connectivity index (χ4n) is 2.05. The van der Waals surface area contributed by atoms with Gasteiger partial charge in [-0.05, 0) is 24.2 Å². The molecule has 22 heavy (non-hydrogen) atoms. The molecule has 0 atom stereocenters. The summed E-state index contributed by atoms with van der Waals surface area (Å²) in [5.41, 5.74) is 0. The van der Waals surface area contributed by atoms with Gasteiger partial charge in [-0.15, -0.1) is 0 Å². The number of carbonyl (C=O) groups excluding carboxylic acids is 1. The van der Waals surface area contributed by atoms with Gasteiger partial charge in [0, 0.05) is 5.75 Å². The summed E-state index contributed by atoms with van der Waals surface area (Å²) in [6.45, 7) is 5.51. The van der Waals surface area contributed by atoms with Gasteiger partial charge >= 0.3 is 0 Å². The second kappa shape index (κ2) is 13.3. The maximum atomic E-state index is 10.7. The van der Waals surface area contributed by atoms with Gasteiger partial charge in [0.15, 0.2) is 11.5 Å². The Morgan fingerprint density at radius 1 is 1.09 bits per heavy atom. The lowest BCUT2D eigenvalue weighted by Gasteiger charge is -2.12. The third-order valence-corrected chi connectivity index (χ3v) is 6.28. The molecule has 0 spiro atoms. The monoisotopic (exact) mass is 354 g/mol. The van der Waals surface area contributed by atoms with Crippen LogP contribution in [0.1, 0.15) is 52.4 Å². The zero-order valence-corrected chi connectivity index (χ0v) is 15.5. The predicted octanol–water partition coefficient (Wildman–Crippen LogP) is 2.12. The first kappa shape index (κ1) is 21.9. The van der Waals surface area contributed by atoms with Gasteiger partial charge in [0.25, 0.3) is 0 Å². The highest BCUT2D eigenvalue weighted by molar-refractivity contribution is 7.97. The van der Waals surface area contributed by atoms with E-state index < -0.39 is 10.1 Å². The lowest BCUT2D eigenvalue weighted by atomic mass is 10.1. The predicted molar refractivity (Wildman–Crippen MR) is 91.4 cm³/mol. The number of ether oxygens (including phenoxy) is 1. The van der Waals surface area contributed by atoms with Crippen LogP contribution in [0.4, 0.5) is 0 Å².